The largest absolute Gasteiger partial charge is 0.456 e. The summed E-state index contributed by atoms with van der Waals surface area (Å²) in [6, 6.07) is 54.6. The topological polar surface area (TPSA) is 18.1 Å². The van der Waals surface area contributed by atoms with Gasteiger partial charge in [0.15, 0.2) is 0 Å². The Bertz CT molecular complexity index is 2760. The highest BCUT2D eigenvalue weighted by atomic mass is 32.1. The Morgan fingerprint density at radius 1 is 0.489 bits per heavy atom. The maximum absolute atomic E-state index is 6.42. The lowest BCUT2D eigenvalue weighted by atomic mass is 9.96. The molecule has 0 N–H and O–H groups in total. The lowest BCUT2D eigenvalue weighted by Gasteiger charge is -2.11. The van der Waals surface area contributed by atoms with Crippen LogP contribution >= 0.6 is 11.3 Å². The SMILES string of the molecule is c1ccc(-n2c3ccccc3c3sc4cccc(-c5cccc(-c6ccc7c(c6)oc6ccc8ccccc8c67)c5)c4c32)cc1. The van der Waals surface area contributed by atoms with E-state index in [1.165, 1.54) is 69.7 Å². The fraction of sp³-hybridized carbons (Fsp3) is 0. The predicted octanol–water partition coefficient (Wildman–Crippen LogP) is 12.4. The molecule has 210 valence electrons. The van der Waals surface area contributed by atoms with E-state index < -0.39 is 0 Å². The van der Waals surface area contributed by atoms with Crippen molar-refractivity contribution in [3.63, 3.8) is 0 Å². The summed E-state index contributed by atoms with van der Waals surface area (Å²) >= 11 is 1.89. The van der Waals surface area contributed by atoms with Crippen molar-refractivity contribution in [2.45, 2.75) is 0 Å². The van der Waals surface area contributed by atoms with E-state index in [0.717, 1.165) is 22.1 Å². The minimum absolute atomic E-state index is 0.915. The summed E-state index contributed by atoms with van der Waals surface area (Å²) < 4.78 is 11.5. The molecule has 10 aromatic rings. The van der Waals surface area contributed by atoms with Crippen LogP contribution in [-0.2, 0) is 0 Å². The van der Waals surface area contributed by atoms with Crippen LogP contribution in [0.25, 0.3) is 91.9 Å². The van der Waals surface area contributed by atoms with Crippen LogP contribution in [0.2, 0.25) is 0 Å². The monoisotopic (exact) mass is 591 g/mol. The molecular weight excluding hydrogens is 567 g/mol. The summed E-state index contributed by atoms with van der Waals surface area (Å²) in [5.41, 5.74) is 10.3. The minimum Gasteiger partial charge on any atom is -0.456 e. The van der Waals surface area contributed by atoms with E-state index in [1.54, 1.807) is 0 Å². The molecule has 0 bridgehead atoms. The zero-order valence-electron chi connectivity index (χ0n) is 24.2. The zero-order valence-corrected chi connectivity index (χ0v) is 25.0. The molecular formula is C42H25NOS. The van der Waals surface area contributed by atoms with Crippen LogP contribution in [0.3, 0.4) is 0 Å². The quantitative estimate of drug-likeness (QED) is 0.200. The summed E-state index contributed by atoms with van der Waals surface area (Å²) in [5.74, 6) is 0. The molecule has 7 aromatic carbocycles. The van der Waals surface area contributed by atoms with Crippen LogP contribution in [0.15, 0.2) is 156 Å². The second-order valence-electron chi connectivity index (χ2n) is 11.7. The van der Waals surface area contributed by atoms with E-state index in [0.29, 0.717) is 0 Å². The number of aromatic nitrogens is 1. The van der Waals surface area contributed by atoms with E-state index in [2.05, 4.69) is 156 Å². The highest BCUT2D eigenvalue weighted by Crippen LogP contribution is 2.46. The average Bonchev–Trinajstić information content (AvgIpc) is 3.77. The lowest BCUT2D eigenvalue weighted by Crippen LogP contribution is -1.93. The number of para-hydroxylation sites is 2. The molecule has 0 unspecified atom stereocenters. The first-order valence-corrected chi connectivity index (χ1v) is 16.1. The molecule has 45 heavy (non-hydrogen) atoms. The van der Waals surface area contributed by atoms with Crippen LogP contribution in [0.1, 0.15) is 0 Å². The number of furan rings is 1. The van der Waals surface area contributed by atoms with Gasteiger partial charge in [-0.15, -0.1) is 11.3 Å². The second kappa shape index (κ2) is 9.43. The summed E-state index contributed by atoms with van der Waals surface area (Å²) in [5, 5.41) is 7.39. The average molecular weight is 592 g/mol. The highest BCUT2D eigenvalue weighted by Gasteiger charge is 2.20. The Morgan fingerprint density at radius 2 is 1.27 bits per heavy atom. The van der Waals surface area contributed by atoms with Gasteiger partial charge in [-0.2, -0.15) is 0 Å². The molecule has 2 nitrogen and oxygen atoms in total. The lowest BCUT2D eigenvalue weighted by molar-refractivity contribution is 0.669. The van der Waals surface area contributed by atoms with Gasteiger partial charge in [-0.1, -0.05) is 103 Å². The minimum atomic E-state index is 0.915. The van der Waals surface area contributed by atoms with Gasteiger partial charge in [0.1, 0.15) is 11.2 Å². The van der Waals surface area contributed by atoms with Gasteiger partial charge in [0, 0.05) is 31.9 Å². The van der Waals surface area contributed by atoms with Crippen LogP contribution in [0, 0.1) is 0 Å². The predicted molar refractivity (Wildman–Crippen MR) is 192 cm³/mol. The van der Waals surface area contributed by atoms with Crippen molar-refractivity contribution in [3.05, 3.63) is 152 Å². The standard InChI is InChI=1S/C42H25NOS/c1-2-13-30(14-3-1)43-35-18-7-6-16-33(35)42-41(43)40-32(17-9-19-38(40)45-42)29-12-8-11-27(24-29)28-20-22-34-37(25-28)44-36-23-21-26-10-4-5-15-31(26)39(34)36/h1-25H. The van der Waals surface area contributed by atoms with Gasteiger partial charge in [-0.3, -0.25) is 0 Å². The van der Waals surface area contributed by atoms with Crippen LogP contribution in [0.4, 0.5) is 0 Å². The molecule has 0 spiro atoms. The summed E-state index contributed by atoms with van der Waals surface area (Å²) in [7, 11) is 0. The Hall–Kier alpha value is -5.64. The van der Waals surface area contributed by atoms with Crippen LogP contribution in [-0.4, -0.2) is 4.57 Å². The first kappa shape index (κ1) is 24.8. The van der Waals surface area contributed by atoms with Gasteiger partial charge >= 0.3 is 0 Å². The van der Waals surface area contributed by atoms with Gasteiger partial charge in [-0.05, 0) is 81.6 Å². The number of benzene rings is 7. The second-order valence-corrected chi connectivity index (χ2v) is 12.8. The zero-order chi connectivity index (χ0) is 29.5. The first-order valence-electron chi connectivity index (χ1n) is 15.3. The van der Waals surface area contributed by atoms with Crippen LogP contribution in [0.5, 0.6) is 0 Å². The molecule has 0 atom stereocenters. The van der Waals surface area contributed by atoms with E-state index in [4.69, 9.17) is 4.42 Å². The first-order chi connectivity index (χ1) is 22.3. The van der Waals surface area contributed by atoms with Crippen molar-refractivity contribution < 1.29 is 4.42 Å². The molecule has 0 aliphatic heterocycles. The molecule has 0 saturated carbocycles. The molecule has 0 saturated heterocycles. The molecule has 3 heterocycles. The summed E-state index contributed by atoms with van der Waals surface area (Å²) in [4.78, 5) is 0. The smallest absolute Gasteiger partial charge is 0.136 e. The Labute approximate surface area is 263 Å². The third-order valence-electron chi connectivity index (χ3n) is 9.19. The van der Waals surface area contributed by atoms with Gasteiger partial charge in [0.2, 0.25) is 0 Å². The number of fused-ring (bicyclic) bond motifs is 10. The highest BCUT2D eigenvalue weighted by molar-refractivity contribution is 7.26. The maximum atomic E-state index is 6.42. The van der Waals surface area contributed by atoms with E-state index in [9.17, 15) is 0 Å². The Balaban J connectivity index is 1.18. The number of hydrogen-bond donors (Lipinski definition) is 0. The van der Waals surface area contributed by atoms with Gasteiger partial charge in [0.25, 0.3) is 0 Å². The molecule has 0 aliphatic carbocycles. The Morgan fingerprint density at radius 3 is 2.20 bits per heavy atom. The number of hydrogen-bond acceptors (Lipinski definition) is 2. The molecule has 0 radical (unpaired) electrons. The van der Waals surface area contributed by atoms with Gasteiger partial charge in [0.05, 0.1) is 15.7 Å². The molecule has 3 aromatic heterocycles. The molecule has 10 rings (SSSR count). The van der Waals surface area contributed by atoms with Gasteiger partial charge < -0.3 is 8.98 Å². The number of nitrogens with zero attached hydrogens (tertiary/aromatic N) is 1. The van der Waals surface area contributed by atoms with E-state index in [1.807, 2.05) is 11.3 Å². The number of thiophene rings is 1. The number of rotatable bonds is 3. The fourth-order valence-electron chi connectivity index (χ4n) is 7.19. The molecule has 3 heteroatoms. The van der Waals surface area contributed by atoms with Crippen LogP contribution < -0.4 is 0 Å². The third-order valence-corrected chi connectivity index (χ3v) is 10.4. The Kier molecular flexibility index (Phi) is 5.19. The van der Waals surface area contributed by atoms with E-state index >= 15 is 0 Å². The van der Waals surface area contributed by atoms with Crippen molar-refractivity contribution in [2.75, 3.05) is 0 Å². The molecule has 0 amide bonds. The third kappa shape index (κ3) is 3.62. The van der Waals surface area contributed by atoms with Crippen molar-refractivity contribution >= 4 is 75.3 Å². The van der Waals surface area contributed by atoms with Crippen molar-refractivity contribution in [3.8, 4) is 27.9 Å². The van der Waals surface area contributed by atoms with Crippen molar-refractivity contribution in [1.29, 1.82) is 0 Å². The summed E-state index contributed by atoms with van der Waals surface area (Å²) in [6.07, 6.45) is 0. The van der Waals surface area contributed by atoms with Gasteiger partial charge in [-0.25, -0.2) is 0 Å². The molecule has 0 aliphatic rings. The normalized spacial score (nSPS) is 12.0. The van der Waals surface area contributed by atoms with Crippen molar-refractivity contribution in [1.82, 2.24) is 4.57 Å². The summed E-state index contributed by atoms with van der Waals surface area (Å²) in [6.45, 7) is 0. The van der Waals surface area contributed by atoms with Crippen molar-refractivity contribution in [2.24, 2.45) is 0 Å². The maximum Gasteiger partial charge on any atom is 0.136 e. The fourth-order valence-corrected chi connectivity index (χ4v) is 8.43. The molecule has 0 fully saturated rings. The van der Waals surface area contributed by atoms with E-state index in [-0.39, 0.29) is 0 Å².